The SMILES string of the molecule is CCCCCCCCCOc1ccc(C(=O)Oc2ccccc2)cc1. The monoisotopic (exact) mass is 340 g/mol. The third-order valence-electron chi connectivity index (χ3n) is 4.06. The van der Waals surface area contributed by atoms with Crippen molar-refractivity contribution in [2.45, 2.75) is 51.9 Å². The molecule has 0 aromatic heterocycles. The van der Waals surface area contributed by atoms with Gasteiger partial charge in [0.15, 0.2) is 0 Å². The van der Waals surface area contributed by atoms with E-state index in [0.717, 1.165) is 18.8 Å². The zero-order valence-corrected chi connectivity index (χ0v) is 15.1. The second-order valence-corrected chi connectivity index (χ2v) is 6.20. The first-order valence-electron chi connectivity index (χ1n) is 9.29. The number of hydrogen-bond donors (Lipinski definition) is 0. The van der Waals surface area contributed by atoms with Crippen LogP contribution in [0.2, 0.25) is 0 Å². The van der Waals surface area contributed by atoms with Crippen LogP contribution in [0.25, 0.3) is 0 Å². The van der Waals surface area contributed by atoms with Crippen molar-refractivity contribution in [3.63, 3.8) is 0 Å². The number of rotatable bonds is 11. The first kappa shape index (κ1) is 19.0. The summed E-state index contributed by atoms with van der Waals surface area (Å²) >= 11 is 0. The zero-order chi connectivity index (χ0) is 17.7. The molecule has 2 aromatic carbocycles. The first-order chi connectivity index (χ1) is 12.3. The Morgan fingerprint density at radius 1 is 0.760 bits per heavy atom. The van der Waals surface area contributed by atoms with E-state index in [4.69, 9.17) is 9.47 Å². The number of unbranched alkanes of at least 4 members (excludes halogenated alkanes) is 6. The van der Waals surface area contributed by atoms with Gasteiger partial charge in [0.05, 0.1) is 12.2 Å². The van der Waals surface area contributed by atoms with Gasteiger partial charge in [-0.25, -0.2) is 4.79 Å². The molecule has 2 rings (SSSR count). The summed E-state index contributed by atoms with van der Waals surface area (Å²) in [5.41, 5.74) is 0.520. The van der Waals surface area contributed by atoms with Crippen LogP contribution in [0.5, 0.6) is 11.5 Å². The predicted octanol–water partition coefficient (Wildman–Crippen LogP) is 6.04. The summed E-state index contributed by atoms with van der Waals surface area (Å²) in [4.78, 5) is 12.1. The molecule has 0 atom stereocenters. The van der Waals surface area contributed by atoms with Crippen LogP contribution in [0.3, 0.4) is 0 Å². The maximum atomic E-state index is 12.1. The van der Waals surface area contributed by atoms with Crippen molar-refractivity contribution in [2.75, 3.05) is 6.61 Å². The molecule has 0 spiro atoms. The topological polar surface area (TPSA) is 35.5 Å². The molecule has 0 heterocycles. The average Bonchev–Trinajstić information content (AvgIpc) is 2.65. The fourth-order valence-electron chi connectivity index (χ4n) is 2.59. The van der Waals surface area contributed by atoms with Gasteiger partial charge in [-0.05, 0) is 42.8 Å². The Balaban J connectivity index is 1.66. The van der Waals surface area contributed by atoms with Crippen LogP contribution in [-0.4, -0.2) is 12.6 Å². The molecular formula is C22H28O3. The molecule has 2 aromatic rings. The van der Waals surface area contributed by atoms with Crippen LogP contribution in [-0.2, 0) is 0 Å². The van der Waals surface area contributed by atoms with Gasteiger partial charge in [-0.2, -0.15) is 0 Å². The molecule has 0 N–H and O–H groups in total. The highest BCUT2D eigenvalue weighted by Crippen LogP contribution is 2.16. The molecule has 134 valence electrons. The largest absolute Gasteiger partial charge is 0.494 e. The number of carbonyl (C=O) groups excluding carboxylic acids is 1. The Hall–Kier alpha value is -2.29. The lowest BCUT2D eigenvalue weighted by atomic mass is 10.1. The minimum Gasteiger partial charge on any atom is -0.494 e. The van der Waals surface area contributed by atoms with Gasteiger partial charge in [-0.1, -0.05) is 63.6 Å². The van der Waals surface area contributed by atoms with Crippen LogP contribution in [0.4, 0.5) is 0 Å². The summed E-state index contributed by atoms with van der Waals surface area (Å²) in [6.45, 7) is 2.96. The highest BCUT2D eigenvalue weighted by atomic mass is 16.5. The molecule has 0 radical (unpaired) electrons. The highest BCUT2D eigenvalue weighted by Gasteiger charge is 2.08. The zero-order valence-electron chi connectivity index (χ0n) is 15.1. The van der Waals surface area contributed by atoms with Crippen LogP contribution >= 0.6 is 0 Å². The van der Waals surface area contributed by atoms with Gasteiger partial charge in [0.1, 0.15) is 11.5 Å². The molecule has 3 heteroatoms. The summed E-state index contributed by atoms with van der Waals surface area (Å²) in [7, 11) is 0. The minimum absolute atomic E-state index is 0.357. The minimum atomic E-state index is -0.357. The van der Waals surface area contributed by atoms with Gasteiger partial charge in [0.2, 0.25) is 0 Å². The van der Waals surface area contributed by atoms with E-state index < -0.39 is 0 Å². The normalized spacial score (nSPS) is 10.4. The lowest BCUT2D eigenvalue weighted by molar-refractivity contribution is 0.0734. The van der Waals surface area contributed by atoms with E-state index in [0.29, 0.717) is 11.3 Å². The van der Waals surface area contributed by atoms with E-state index in [2.05, 4.69) is 6.92 Å². The van der Waals surface area contributed by atoms with E-state index in [-0.39, 0.29) is 5.97 Å². The maximum Gasteiger partial charge on any atom is 0.343 e. The van der Waals surface area contributed by atoms with Gasteiger partial charge >= 0.3 is 5.97 Å². The van der Waals surface area contributed by atoms with E-state index in [1.54, 1.807) is 24.3 Å². The second kappa shape index (κ2) is 11.3. The number of ether oxygens (including phenoxy) is 2. The van der Waals surface area contributed by atoms with Crippen LogP contribution in [0.1, 0.15) is 62.2 Å². The lowest BCUT2D eigenvalue weighted by Crippen LogP contribution is -2.08. The van der Waals surface area contributed by atoms with Gasteiger partial charge in [0.25, 0.3) is 0 Å². The molecule has 0 aliphatic heterocycles. The predicted molar refractivity (Wildman–Crippen MR) is 101 cm³/mol. The number of benzene rings is 2. The van der Waals surface area contributed by atoms with E-state index >= 15 is 0 Å². The van der Waals surface area contributed by atoms with Crippen LogP contribution in [0.15, 0.2) is 54.6 Å². The van der Waals surface area contributed by atoms with Crippen LogP contribution in [0, 0.1) is 0 Å². The Kier molecular flexibility index (Phi) is 8.60. The van der Waals surface area contributed by atoms with Crippen molar-refractivity contribution in [2.24, 2.45) is 0 Å². The van der Waals surface area contributed by atoms with Crippen molar-refractivity contribution in [3.05, 3.63) is 60.2 Å². The average molecular weight is 340 g/mol. The summed E-state index contributed by atoms with van der Waals surface area (Å²) in [6, 6.07) is 16.2. The van der Waals surface area contributed by atoms with E-state index in [1.165, 1.54) is 38.5 Å². The van der Waals surface area contributed by atoms with Crippen molar-refractivity contribution in [1.29, 1.82) is 0 Å². The Morgan fingerprint density at radius 3 is 2.08 bits per heavy atom. The van der Waals surface area contributed by atoms with Crippen molar-refractivity contribution >= 4 is 5.97 Å². The molecule has 0 saturated carbocycles. The standard InChI is InChI=1S/C22H28O3/c1-2-3-4-5-6-7-11-18-24-20-16-14-19(15-17-20)22(23)25-21-12-9-8-10-13-21/h8-10,12-17H,2-7,11,18H2,1H3. The number of para-hydroxylation sites is 1. The molecule has 0 unspecified atom stereocenters. The van der Waals surface area contributed by atoms with E-state index in [9.17, 15) is 4.79 Å². The molecule has 25 heavy (non-hydrogen) atoms. The summed E-state index contributed by atoms with van der Waals surface area (Å²) in [6.07, 6.45) is 8.88. The van der Waals surface area contributed by atoms with E-state index in [1.807, 2.05) is 30.3 Å². The smallest absolute Gasteiger partial charge is 0.343 e. The van der Waals surface area contributed by atoms with Gasteiger partial charge in [-0.15, -0.1) is 0 Å². The lowest BCUT2D eigenvalue weighted by Gasteiger charge is -2.07. The highest BCUT2D eigenvalue weighted by molar-refractivity contribution is 5.91. The first-order valence-corrected chi connectivity index (χ1v) is 9.29. The van der Waals surface area contributed by atoms with Crippen molar-refractivity contribution in [1.82, 2.24) is 0 Å². The molecule has 0 aliphatic rings. The third-order valence-corrected chi connectivity index (χ3v) is 4.06. The Morgan fingerprint density at radius 2 is 1.40 bits per heavy atom. The quantitative estimate of drug-likeness (QED) is 0.284. The molecular weight excluding hydrogens is 312 g/mol. The third kappa shape index (κ3) is 7.42. The number of esters is 1. The van der Waals surface area contributed by atoms with Crippen molar-refractivity contribution < 1.29 is 14.3 Å². The second-order valence-electron chi connectivity index (χ2n) is 6.20. The Bertz CT molecular complexity index is 605. The molecule has 0 amide bonds. The van der Waals surface area contributed by atoms with Gasteiger partial charge < -0.3 is 9.47 Å². The Labute approximate surface area is 151 Å². The summed E-state index contributed by atoms with van der Waals surface area (Å²) in [5, 5.41) is 0. The fourth-order valence-corrected chi connectivity index (χ4v) is 2.59. The van der Waals surface area contributed by atoms with Crippen molar-refractivity contribution in [3.8, 4) is 11.5 Å². The molecule has 0 fully saturated rings. The fraction of sp³-hybridized carbons (Fsp3) is 0.409. The van der Waals surface area contributed by atoms with Gasteiger partial charge in [-0.3, -0.25) is 0 Å². The molecule has 3 nitrogen and oxygen atoms in total. The number of hydrogen-bond acceptors (Lipinski definition) is 3. The van der Waals surface area contributed by atoms with Crippen LogP contribution < -0.4 is 9.47 Å². The van der Waals surface area contributed by atoms with Gasteiger partial charge in [0, 0.05) is 0 Å². The maximum absolute atomic E-state index is 12.1. The summed E-state index contributed by atoms with van der Waals surface area (Å²) < 4.78 is 11.0. The summed E-state index contributed by atoms with van der Waals surface area (Å²) in [5.74, 6) is 0.985. The molecule has 0 saturated heterocycles. The number of carbonyl (C=O) groups is 1. The molecule has 0 bridgehead atoms. The molecule has 0 aliphatic carbocycles.